The van der Waals surface area contributed by atoms with Gasteiger partial charge in [0.05, 0.1) is 42.9 Å². The second-order valence-corrected chi connectivity index (χ2v) is 11.8. The molecule has 2 aliphatic heterocycles. The number of hydrogen-bond donors (Lipinski definition) is 4. The number of morpholine rings is 1. The molecular formula is C34H40F3N5O5. The first-order chi connectivity index (χ1) is 22.8. The van der Waals surface area contributed by atoms with Crippen molar-refractivity contribution in [2.45, 2.75) is 62.3 Å². The molecule has 47 heavy (non-hydrogen) atoms. The van der Waals surface area contributed by atoms with Crippen LogP contribution in [0.15, 0.2) is 60.9 Å². The Labute approximate surface area is 271 Å². The van der Waals surface area contributed by atoms with Crippen LogP contribution in [0.25, 0.3) is 0 Å². The van der Waals surface area contributed by atoms with Crippen molar-refractivity contribution >= 4 is 17.7 Å². The van der Waals surface area contributed by atoms with Gasteiger partial charge in [0.15, 0.2) is 0 Å². The third-order valence-electron chi connectivity index (χ3n) is 8.46. The van der Waals surface area contributed by atoms with E-state index in [1.165, 1.54) is 54.7 Å². The molecule has 1 unspecified atom stereocenters. The van der Waals surface area contributed by atoms with Crippen LogP contribution in [0.2, 0.25) is 0 Å². The molecule has 5 N–H and O–H groups in total. The van der Waals surface area contributed by atoms with Gasteiger partial charge in [-0.3, -0.25) is 9.78 Å². The maximum atomic E-state index is 15.2. The molecule has 0 saturated carbocycles. The van der Waals surface area contributed by atoms with Gasteiger partial charge in [0.2, 0.25) is 5.91 Å². The van der Waals surface area contributed by atoms with E-state index in [9.17, 15) is 18.4 Å². The zero-order chi connectivity index (χ0) is 33.2. The van der Waals surface area contributed by atoms with Crippen molar-refractivity contribution in [3.63, 3.8) is 0 Å². The normalized spacial score (nSPS) is 20.4. The van der Waals surface area contributed by atoms with Gasteiger partial charge in [-0.25, -0.2) is 18.0 Å². The van der Waals surface area contributed by atoms with Gasteiger partial charge >= 0.3 is 6.09 Å². The highest BCUT2D eigenvalue weighted by Gasteiger charge is 2.31. The third-order valence-corrected chi connectivity index (χ3v) is 8.46. The molecule has 13 heteroatoms. The van der Waals surface area contributed by atoms with Gasteiger partial charge in [0, 0.05) is 31.2 Å². The summed E-state index contributed by atoms with van der Waals surface area (Å²) in [6, 6.07) is 9.83. The number of aromatic nitrogens is 1. The van der Waals surface area contributed by atoms with Crippen molar-refractivity contribution in [2.75, 3.05) is 38.2 Å². The van der Waals surface area contributed by atoms with Crippen molar-refractivity contribution in [3.8, 4) is 0 Å². The number of alkyl carbamates (subject to hydrolysis) is 1. The zero-order valence-electron chi connectivity index (χ0n) is 25.9. The second kappa shape index (κ2) is 16.6. The standard InChI is InChI=1S/C34H40F3N5O5/c35-23-8-4-21(5-9-23)31(22-6-10-24(36)11-7-22)32(33(38)43)42-30-18-39-17-29(37)28(30)13-12-27-15-40-25(19-46-27)20-47-34(44)41-16-26-3-1-2-14-45-26/h4-11,17-18,25-27,31-32,40,42H,1-3,12-16,19-20H2,(H2,38,43)(H,41,44)/t25-,26?,27+,32-/m0/s1. The number of nitrogens with zero attached hydrogens (tertiary/aromatic N) is 1. The maximum absolute atomic E-state index is 15.2. The summed E-state index contributed by atoms with van der Waals surface area (Å²) in [5.74, 6) is -2.99. The number of carbonyl (C=O) groups excluding carboxylic acids is 2. The summed E-state index contributed by atoms with van der Waals surface area (Å²) in [5, 5.41) is 9.13. The highest BCUT2D eigenvalue weighted by Crippen LogP contribution is 2.32. The third kappa shape index (κ3) is 9.66. The van der Waals surface area contributed by atoms with Gasteiger partial charge in [-0.2, -0.15) is 0 Å². The number of pyridine rings is 1. The number of amides is 2. The minimum atomic E-state index is -1.12. The summed E-state index contributed by atoms with van der Waals surface area (Å²) in [6.45, 7) is 2.02. The summed E-state index contributed by atoms with van der Waals surface area (Å²) in [4.78, 5) is 29.0. The Hall–Kier alpha value is -4.20. The van der Waals surface area contributed by atoms with Gasteiger partial charge < -0.3 is 35.9 Å². The minimum Gasteiger partial charge on any atom is -0.448 e. The van der Waals surface area contributed by atoms with Gasteiger partial charge in [0.25, 0.3) is 0 Å². The summed E-state index contributed by atoms with van der Waals surface area (Å²) in [7, 11) is 0. The van der Waals surface area contributed by atoms with Crippen LogP contribution in [0, 0.1) is 17.5 Å². The van der Waals surface area contributed by atoms with Crippen LogP contribution < -0.4 is 21.7 Å². The fourth-order valence-corrected chi connectivity index (χ4v) is 5.90. The summed E-state index contributed by atoms with van der Waals surface area (Å²) in [5.41, 5.74) is 7.53. The molecule has 2 aliphatic rings. The minimum absolute atomic E-state index is 0.0156. The van der Waals surface area contributed by atoms with Gasteiger partial charge in [-0.05, 0) is 67.5 Å². The van der Waals surface area contributed by atoms with Crippen molar-refractivity contribution in [1.29, 1.82) is 0 Å². The monoisotopic (exact) mass is 655 g/mol. The van der Waals surface area contributed by atoms with E-state index in [2.05, 4.69) is 20.9 Å². The van der Waals surface area contributed by atoms with Crippen molar-refractivity contribution in [3.05, 3.63) is 95.1 Å². The highest BCUT2D eigenvalue weighted by atomic mass is 19.1. The van der Waals surface area contributed by atoms with E-state index in [0.717, 1.165) is 25.5 Å². The lowest BCUT2D eigenvalue weighted by molar-refractivity contribution is -0.119. The van der Waals surface area contributed by atoms with Crippen molar-refractivity contribution in [1.82, 2.24) is 15.6 Å². The number of nitrogens with two attached hydrogens (primary N) is 1. The molecule has 0 radical (unpaired) electrons. The smallest absolute Gasteiger partial charge is 0.407 e. The molecular weight excluding hydrogens is 615 g/mol. The first-order valence-corrected chi connectivity index (χ1v) is 15.8. The second-order valence-electron chi connectivity index (χ2n) is 11.8. The van der Waals surface area contributed by atoms with E-state index in [0.29, 0.717) is 43.9 Å². The number of halogens is 3. The maximum Gasteiger partial charge on any atom is 0.407 e. The molecule has 2 aromatic carbocycles. The van der Waals surface area contributed by atoms with Gasteiger partial charge in [-0.15, -0.1) is 0 Å². The van der Waals surface area contributed by atoms with E-state index >= 15 is 4.39 Å². The molecule has 0 aliphatic carbocycles. The molecule has 252 valence electrons. The first-order valence-electron chi connectivity index (χ1n) is 15.8. The van der Waals surface area contributed by atoms with Crippen molar-refractivity contribution < 1.29 is 37.0 Å². The number of primary amides is 1. The quantitative estimate of drug-likeness (QED) is 0.215. The molecule has 0 bridgehead atoms. The number of benzene rings is 2. The SMILES string of the molecule is NC(=O)[C@@H](Nc1cncc(F)c1CC[C@@H]1CN[C@H](COC(=O)NCC2CCCCO2)CO1)C(c1ccc(F)cc1)c1ccc(F)cc1. The molecule has 2 fully saturated rings. The molecule has 5 rings (SSSR count). The average molecular weight is 656 g/mol. The van der Waals surface area contributed by atoms with E-state index in [-0.39, 0.29) is 42.5 Å². The van der Waals surface area contributed by atoms with Gasteiger partial charge in [-0.1, -0.05) is 24.3 Å². The summed E-state index contributed by atoms with van der Waals surface area (Å²) in [6.07, 6.45) is 5.50. The lowest BCUT2D eigenvalue weighted by Gasteiger charge is -2.31. The largest absolute Gasteiger partial charge is 0.448 e. The Balaban J connectivity index is 1.18. The van der Waals surface area contributed by atoms with Crippen LogP contribution in [0.4, 0.5) is 23.7 Å². The molecule has 1 aromatic heterocycles. The summed E-state index contributed by atoms with van der Waals surface area (Å²) >= 11 is 0. The number of hydrogen-bond acceptors (Lipinski definition) is 8. The Bertz CT molecular complexity index is 1420. The molecule has 2 saturated heterocycles. The first kappa shape index (κ1) is 34.1. The van der Waals surface area contributed by atoms with Crippen LogP contribution in [0.3, 0.4) is 0 Å². The Morgan fingerprint density at radius 3 is 2.28 bits per heavy atom. The Morgan fingerprint density at radius 1 is 0.979 bits per heavy atom. The lowest BCUT2D eigenvalue weighted by Crippen LogP contribution is -2.49. The summed E-state index contributed by atoms with van der Waals surface area (Å²) < 4.78 is 59.7. The number of anilines is 1. The van der Waals surface area contributed by atoms with E-state index in [1.54, 1.807) is 0 Å². The molecule has 0 spiro atoms. The Morgan fingerprint density at radius 2 is 1.68 bits per heavy atom. The predicted molar refractivity (Wildman–Crippen MR) is 168 cm³/mol. The van der Waals surface area contributed by atoms with E-state index in [1.807, 2.05) is 0 Å². The Kier molecular flexibility index (Phi) is 12.0. The predicted octanol–water partition coefficient (Wildman–Crippen LogP) is 4.18. The van der Waals surface area contributed by atoms with Crippen LogP contribution in [0.1, 0.15) is 48.3 Å². The molecule has 4 atom stereocenters. The van der Waals surface area contributed by atoms with E-state index < -0.39 is 41.4 Å². The van der Waals surface area contributed by atoms with Crippen molar-refractivity contribution in [2.24, 2.45) is 5.73 Å². The molecule has 10 nitrogen and oxygen atoms in total. The molecule has 2 amide bonds. The lowest BCUT2D eigenvalue weighted by atomic mass is 9.84. The molecule has 3 aromatic rings. The zero-order valence-corrected chi connectivity index (χ0v) is 25.9. The fourth-order valence-electron chi connectivity index (χ4n) is 5.90. The van der Waals surface area contributed by atoms with Crippen LogP contribution in [0.5, 0.6) is 0 Å². The molecule has 3 heterocycles. The van der Waals surface area contributed by atoms with Gasteiger partial charge in [0.1, 0.15) is 30.1 Å². The van der Waals surface area contributed by atoms with E-state index in [4.69, 9.17) is 19.9 Å². The topological polar surface area (TPSA) is 137 Å². The fraction of sp³-hybridized carbons (Fsp3) is 0.441. The highest BCUT2D eigenvalue weighted by molar-refractivity contribution is 5.85. The van der Waals surface area contributed by atoms with Crippen LogP contribution >= 0.6 is 0 Å². The average Bonchev–Trinajstić information content (AvgIpc) is 3.08. The number of carbonyl (C=O) groups is 2. The number of ether oxygens (including phenoxy) is 3. The number of rotatable bonds is 13. The van der Waals surface area contributed by atoms with Crippen LogP contribution in [-0.2, 0) is 25.4 Å². The van der Waals surface area contributed by atoms with Crippen LogP contribution in [-0.4, -0.2) is 74.2 Å². The number of nitrogens with one attached hydrogen (secondary N) is 3.